The Hall–Kier alpha value is -3.38. The number of benzene rings is 2. The van der Waals surface area contributed by atoms with E-state index in [4.69, 9.17) is 9.88 Å². The highest BCUT2D eigenvalue weighted by Crippen LogP contribution is 2.39. The molecule has 1 unspecified atom stereocenters. The van der Waals surface area contributed by atoms with Crippen molar-refractivity contribution in [1.29, 1.82) is 0 Å². The molecular weight excluding hydrogens is 439 g/mol. The Labute approximate surface area is 174 Å². The maximum atomic E-state index is 14.0. The first-order valence-corrected chi connectivity index (χ1v) is 10.1. The molecule has 0 aliphatic heterocycles. The number of methoxy groups -OCH3 is 1. The van der Waals surface area contributed by atoms with E-state index >= 15 is 0 Å². The third kappa shape index (κ3) is 4.54. The van der Waals surface area contributed by atoms with E-state index < -0.39 is 33.9 Å². The van der Waals surface area contributed by atoms with Crippen LogP contribution in [-0.4, -0.2) is 36.4 Å². The highest BCUT2D eigenvalue weighted by Gasteiger charge is 2.42. The number of hydrogen-bond donors (Lipinski definition) is 2. The molecule has 2 aromatic carbocycles. The molecule has 8 nitrogen and oxygen atoms in total. The molecule has 3 aromatic rings. The van der Waals surface area contributed by atoms with Crippen LogP contribution in [0.25, 0.3) is 11.1 Å². The first kappa shape index (κ1) is 22.3. The van der Waals surface area contributed by atoms with Crippen LogP contribution in [0.2, 0.25) is 0 Å². The summed E-state index contributed by atoms with van der Waals surface area (Å²) < 4.78 is 70.0. The first-order valence-electron chi connectivity index (χ1n) is 8.58. The average molecular weight is 455 g/mol. The Balaban J connectivity index is 2.16. The van der Waals surface area contributed by atoms with E-state index in [0.717, 1.165) is 30.5 Å². The Morgan fingerprint density at radius 3 is 2.16 bits per heavy atom. The van der Waals surface area contributed by atoms with E-state index in [1.165, 1.54) is 31.4 Å². The molecule has 3 N–H and O–H groups in total. The van der Waals surface area contributed by atoms with Crippen molar-refractivity contribution in [3.05, 3.63) is 66.0 Å². The fourth-order valence-electron chi connectivity index (χ4n) is 3.05. The molecule has 0 saturated carbocycles. The number of rotatable bonds is 6. The number of carbonyl (C=O) groups is 1. The second-order valence-corrected chi connectivity index (χ2v) is 7.99. The minimum absolute atomic E-state index is 0.116. The van der Waals surface area contributed by atoms with E-state index in [1.807, 2.05) is 0 Å². The molecule has 0 amide bonds. The maximum absolute atomic E-state index is 14.0. The Morgan fingerprint density at radius 2 is 1.71 bits per heavy atom. The fourth-order valence-corrected chi connectivity index (χ4v) is 3.57. The van der Waals surface area contributed by atoms with Crippen LogP contribution in [0.5, 0.6) is 5.75 Å². The zero-order valence-electron chi connectivity index (χ0n) is 15.9. The van der Waals surface area contributed by atoms with Gasteiger partial charge in [-0.2, -0.15) is 18.3 Å². The van der Waals surface area contributed by atoms with Gasteiger partial charge in [-0.1, -0.05) is 24.3 Å². The molecule has 1 heterocycles. The molecule has 0 aliphatic carbocycles. The van der Waals surface area contributed by atoms with Crippen molar-refractivity contribution in [2.75, 3.05) is 7.11 Å². The van der Waals surface area contributed by atoms with E-state index in [1.54, 1.807) is 0 Å². The minimum Gasteiger partial charge on any atom is -0.497 e. The number of aromatic nitrogens is 2. The number of alkyl halides is 3. The van der Waals surface area contributed by atoms with E-state index in [0.29, 0.717) is 10.4 Å². The summed E-state index contributed by atoms with van der Waals surface area (Å²) in [5.74, 6) is -1.18. The number of ether oxygens (including phenoxy) is 1. The van der Waals surface area contributed by atoms with Gasteiger partial charge in [-0.3, -0.25) is 0 Å². The van der Waals surface area contributed by atoms with Gasteiger partial charge < -0.3 is 9.84 Å². The fraction of sp³-hybridized carbons (Fsp3) is 0.158. The molecule has 12 heteroatoms. The monoisotopic (exact) mass is 455 g/mol. The summed E-state index contributed by atoms with van der Waals surface area (Å²) in [5.41, 5.74) is -1.54. The van der Waals surface area contributed by atoms with Crippen LogP contribution in [0, 0.1) is 0 Å². The number of primary sulfonamides is 1. The number of hydrogen-bond acceptors (Lipinski definition) is 5. The molecule has 164 valence electrons. The van der Waals surface area contributed by atoms with Gasteiger partial charge in [0, 0.05) is 5.56 Å². The quantitative estimate of drug-likeness (QED) is 0.589. The standard InChI is InChI=1S/C19H16F3N3O5S/c1-30-13-6-2-11(3-7-13)15-10-24-25(17(15)19(20,21)22)16(18(26)27)12-4-8-14(9-5-12)31(23,28)29/h2-10,16H,1H3,(H,26,27)(H2,23,28,29). The lowest BCUT2D eigenvalue weighted by Gasteiger charge is -2.19. The van der Waals surface area contributed by atoms with Crippen molar-refractivity contribution in [3.8, 4) is 16.9 Å². The largest absolute Gasteiger partial charge is 0.497 e. The third-order valence-corrected chi connectivity index (χ3v) is 5.40. The number of nitrogens with zero attached hydrogens (tertiary/aromatic N) is 2. The zero-order valence-corrected chi connectivity index (χ0v) is 16.7. The van der Waals surface area contributed by atoms with Crippen LogP contribution in [-0.2, 0) is 21.0 Å². The van der Waals surface area contributed by atoms with Crippen molar-refractivity contribution in [2.45, 2.75) is 17.1 Å². The highest BCUT2D eigenvalue weighted by molar-refractivity contribution is 7.89. The summed E-state index contributed by atoms with van der Waals surface area (Å²) >= 11 is 0. The lowest BCUT2D eigenvalue weighted by atomic mass is 10.0. The van der Waals surface area contributed by atoms with Crippen molar-refractivity contribution >= 4 is 16.0 Å². The van der Waals surface area contributed by atoms with E-state index in [2.05, 4.69) is 5.10 Å². The third-order valence-electron chi connectivity index (χ3n) is 4.47. The maximum Gasteiger partial charge on any atom is 0.433 e. The zero-order chi connectivity index (χ0) is 23.0. The van der Waals surface area contributed by atoms with Crippen LogP contribution < -0.4 is 9.88 Å². The number of nitrogens with two attached hydrogens (primary N) is 1. The average Bonchev–Trinajstić information content (AvgIpc) is 3.12. The summed E-state index contributed by atoms with van der Waals surface area (Å²) in [6, 6.07) is 8.04. The number of carboxylic acid groups (broad SMARTS) is 1. The molecule has 0 fully saturated rings. The predicted octanol–water partition coefficient (Wildman–Crippen LogP) is 2.90. The molecule has 3 rings (SSSR count). The minimum atomic E-state index is -4.93. The van der Waals surface area contributed by atoms with Crippen molar-refractivity contribution in [1.82, 2.24) is 9.78 Å². The van der Waals surface area contributed by atoms with Gasteiger partial charge >= 0.3 is 12.1 Å². The lowest BCUT2D eigenvalue weighted by Crippen LogP contribution is -2.26. The Bertz CT molecular complexity index is 1200. The molecule has 31 heavy (non-hydrogen) atoms. The molecule has 1 aromatic heterocycles. The van der Waals surface area contributed by atoms with Crippen LogP contribution >= 0.6 is 0 Å². The SMILES string of the molecule is COc1ccc(-c2cnn(C(C(=O)O)c3ccc(S(N)(=O)=O)cc3)c2C(F)(F)F)cc1. The van der Waals surface area contributed by atoms with Crippen molar-refractivity contribution in [2.24, 2.45) is 5.14 Å². The number of aliphatic carboxylic acids is 1. The van der Waals surface area contributed by atoms with Gasteiger partial charge in [0.05, 0.1) is 18.2 Å². The molecule has 0 spiro atoms. The number of carboxylic acids is 1. The number of sulfonamides is 1. The van der Waals surface area contributed by atoms with Gasteiger partial charge in [0.25, 0.3) is 0 Å². The van der Waals surface area contributed by atoms with Gasteiger partial charge in [-0.05, 0) is 35.4 Å². The topological polar surface area (TPSA) is 125 Å². The van der Waals surface area contributed by atoms with Gasteiger partial charge in [-0.15, -0.1) is 0 Å². The second kappa shape index (κ2) is 8.04. The van der Waals surface area contributed by atoms with Crippen LogP contribution in [0.3, 0.4) is 0 Å². The summed E-state index contributed by atoms with van der Waals surface area (Å²) in [5, 5.41) is 18.4. The van der Waals surface area contributed by atoms with Crippen LogP contribution in [0.4, 0.5) is 13.2 Å². The van der Waals surface area contributed by atoms with Gasteiger partial charge in [0.15, 0.2) is 11.7 Å². The molecule has 0 aliphatic rings. The van der Waals surface area contributed by atoms with Gasteiger partial charge in [0.2, 0.25) is 10.0 Å². The van der Waals surface area contributed by atoms with Gasteiger partial charge in [-0.25, -0.2) is 23.0 Å². The van der Waals surface area contributed by atoms with E-state index in [9.17, 15) is 31.5 Å². The van der Waals surface area contributed by atoms with Gasteiger partial charge in [0.1, 0.15) is 5.75 Å². The van der Waals surface area contributed by atoms with Crippen molar-refractivity contribution < 1.29 is 36.2 Å². The van der Waals surface area contributed by atoms with Crippen molar-refractivity contribution in [3.63, 3.8) is 0 Å². The highest BCUT2D eigenvalue weighted by atomic mass is 32.2. The molecule has 0 saturated heterocycles. The summed E-state index contributed by atoms with van der Waals surface area (Å²) in [7, 11) is -2.65. The molecule has 1 atom stereocenters. The number of halogens is 3. The van der Waals surface area contributed by atoms with Crippen LogP contribution in [0.15, 0.2) is 59.6 Å². The predicted molar refractivity (Wildman–Crippen MR) is 103 cm³/mol. The molecule has 0 radical (unpaired) electrons. The second-order valence-electron chi connectivity index (χ2n) is 6.43. The van der Waals surface area contributed by atoms with E-state index in [-0.39, 0.29) is 21.6 Å². The Morgan fingerprint density at radius 1 is 1.13 bits per heavy atom. The first-order chi connectivity index (χ1) is 14.4. The lowest BCUT2D eigenvalue weighted by molar-refractivity contribution is -0.148. The molecular formula is C19H16F3N3O5S. The summed E-state index contributed by atoms with van der Waals surface area (Å²) in [6.45, 7) is 0. The smallest absolute Gasteiger partial charge is 0.433 e. The summed E-state index contributed by atoms with van der Waals surface area (Å²) in [6.07, 6.45) is -4.00. The Kier molecular flexibility index (Phi) is 5.79. The molecule has 0 bridgehead atoms. The normalized spacial score (nSPS) is 13.1. The summed E-state index contributed by atoms with van der Waals surface area (Å²) in [4.78, 5) is 11.6. The van der Waals surface area contributed by atoms with Crippen LogP contribution in [0.1, 0.15) is 17.3 Å².